The van der Waals surface area contributed by atoms with E-state index in [1.807, 2.05) is 34.4 Å². The van der Waals surface area contributed by atoms with Crippen LogP contribution in [0.2, 0.25) is 0 Å². The number of imidazole rings is 1. The molecule has 2 aliphatic rings. The Labute approximate surface area is 161 Å². The van der Waals surface area contributed by atoms with Gasteiger partial charge in [0.1, 0.15) is 11.9 Å². The number of rotatable bonds is 6. The summed E-state index contributed by atoms with van der Waals surface area (Å²) >= 11 is 0. The first-order valence-corrected chi connectivity index (χ1v) is 10.0. The highest BCUT2D eigenvalue weighted by Crippen LogP contribution is 2.40. The second-order valence-electron chi connectivity index (χ2n) is 8.04. The standard InChI is InChI=1S/C20H32N4O3/c1-16(24-13-9-21-17(24)2)19(26)22-11-7-20(8-12-22)6-5-18(25)23(15-20)10-4-14-27-3/h9,13,16H,4-8,10-12,14-15H2,1-3H3/t16-/m0/s1. The Bertz CT molecular complexity index is 664. The molecule has 2 fully saturated rings. The summed E-state index contributed by atoms with van der Waals surface area (Å²) in [6.07, 6.45) is 8.02. The highest BCUT2D eigenvalue weighted by Gasteiger charge is 2.42. The van der Waals surface area contributed by atoms with Gasteiger partial charge in [-0.15, -0.1) is 0 Å². The van der Waals surface area contributed by atoms with Crippen molar-refractivity contribution in [2.45, 2.75) is 52.0 Å². The third-order valence-corrected chi connectivity index (χ3v) is 6.30. The summed E-state index contributed by atoms with van der Waals surface area (Å²) < 4.78 is 7.05. The summed E-state index contributed by atoms with van der Waals surface area (Å²) in [7, 11) is 1.69. The van der Waals surface area contributed by atoms with Crippen LogP contribution in [0.25, 0.3) is 0 Å². The van der Waals surface area contributed by atoms with Crippen molar-refractivity contribution in [2.24, 2.45) is 5.41 Å². The molecular weight excluding hydrogens is 344 g/mol. The molecule has 0 unspecified atom stereocenters. The fourth-order valence-electron chi connectivity index (χ4n) is 4.50. The van der Waals surface area contributed by atoms with Crippen LogP contribution in [0.15, 0.2) is 12.4 Å². The van der Waals surface area contributed by atoms with E-state index in [0.29, 0.717) is 13.0 Å². The lowest BCUT2D eigenvalue weighted by atomic mass is 9.72. The lowest BCUT2D eigenvalue weighted by Crippen LogP contribution is -2.53. The number of amides is 2. The third kappa shape index (κ3) is 4.34. The number of aryl methyl sites for hydroxylation is 1. The van der Waals surface area contributed by atoms with Crippen LogP contribution in [0.5, 0.6) is 0 Å². The maximum Gasteiger partial charge on any atom is 0.245 e. The first kappa shape index (κ1) is 19.9. The van der Waals surface area contributed by atoms with Crippen LogP contribution < -0.4 is 0 Å². The summed E-state index contributed by atoms with van der Waals surface area (Å²) in [5, 5.41) is 0. The van der Waals surface area contributed by atoms with Gasteiger partial charge in [-0.1, -0.05) is 0 Å². The molecule has 3 rings (SSSR count). The zero-order valence-electron chi connectivity index (χ0n) is 16.8. The SMILES string of the molecule is COCCCN1CC2(CCC1=O)CCN(C(=O)[C@H](C)n1ccnc1C)CC2. The fraction of sp³-hybridized carbons (Fsp3) is 0.750. The zero-order valence-corrected chi connectivity index (χ0v) is 16.8. The van der Waals surface area contributed by atoms with Gasteiger partial charge in [-0.3, -0.25) is 9.59 Å². The van der Waals surface area contributed by atoms with Crippen molar-refractivity contribution in [2.75, 3.05) is 39.9 Å². The van der Waals surface area contributed by atoms with Crippen LogP contribution in [0.3, 0.4) is 0 Å². The Hall–Kier alpha value is -1.89. The molecule has 0 aliphatic carbocycles. The van der Waals surface area contributed by atoms with E-state index in [1.54, 1.807) is 13.3 Å². The van der Waals surface area contributed by atoms with Crippen LogP contribution in [0.1, 0.15) is 50.9 Å². The third-order valence-electron chi connectivity index (χ3n) is 6.30. The number of hydrogen-bond acceptors (Lipinski definition) is 4. The van der Waals surface area contributed by atoms with Crippen molar-refractivity contribution >= 4 is 11.8 Å². The van der Waals surface area contributed by atoms with Crippen LogP contribution in [0.4, 0.5) is 0 Å². The highest BCUT2D eigenvalue weighted by atomic mass is 16.5. The normalized spacial score (nSPS) is 20.9. The average molecular weight is 377 g/mol. The quantitative estimate of drug-likeness (QED) is 0.713. The number of ether oxygens (including phenoxy) is 1. The molecule has 1 aromatic heterocycles. The minimum Gasteiger partial charge on any atom is -0.385 e. The predicted octanol–water partition coefficient (Wildman–Crippen LogP) is 2.02. The fourth-order valence-corrected chi connectivity index (χ4v) is 4.50. The molecule has 0 radical (unpaired) electrons. The molecule has 0 bridgehead atoms. The van der Waals surface area contributed by atoms with E-state index in [0.717, 1.165) is 57.7 Å². The molecule has 1 spiro atoms. The van der Waals surface area contributed by atoms with Crippen molar-refractivity contribution in [1.82, 2.24) is 19.4 Å². The Morgan fingerprint density at radius 1 is 1.33 bits per heavy atom. The molecule has 27 heavy (non-hydrogen) atoms. The summed E-state index contributed by atoms with van der Waals surface area (Å²) in [5.74, 6) is 1.29. The minimum atomic E-state index is -0.222. The largest absolute Gasteiger partial charge is 0.385 e. The number of likely N-dealkylation sites (tertiary alicyclic amines) is 2. The highest BCUT2D eigenvalue weighted by molar-refractivity contribution is 5.80. The Morgan fingerprint density at radius 2 is 2.07 bits per heavy atom. The summed E-state index contributed by atoms with van der Waals surface area (Å²) in [5.41, 5.74) is 0.173. The second-order valence-corrected chi connectivity index (χ2v) is 8.04. The Kier molecular flexibility index (Phi) is 6.19. The lowest BCUT2D eigenvalue weighted by molar-refractivity contribution is -0.143. The molecule has 2 saturated heterocycles. The monoisotopic (exact) mass is 376 g/mol. The summed E-state index contributed by atoms with van der Waals surface area (Å²) in [4.78, 5) is 33.4. The molecule has 0 aromatic carbocycles. The van der Waals surface area contributed by atoms with E-state index in [-0.39, 0.29) is 23.3 Å². The Morgan fingerprint density at radius 3 is 2.70 bits per heavy atom. The molecule has 1 aromatic rings. The molecule has 7 nitrogen and oxygen atoms in total. The van der Waals surface area contributed by atoms with Crippen molar-refractivity contribution in [3.05, 3.63) is 18.2 Å². The number of piperidine rings is 2. The number of nitrogens with zero attached hydrogens (tertiary/aromatic N) is 4. The molecular formula is C20H32N4O3. The van der Waals surface area contributed by atoms with Crippen LogP contribution in [-0.2, 0) is 14.3 Å². The Balaban J connectivity index is 1.56. The van der Waals surface area contributed by atoms with E-state index in [1.165, 1.54) is 0 Å². The first-order chi connectivity index (χ1) is 13.0. The van der Waals surface area contributed by atoms with Gasteiger partial charge in [-0.2, -0.15) is 0 Å². The molecule has 150 valence electrons. The maximum absolute atomic E-state index is 12.9. The van der Waals surface area contributed by atoms with Gasteiger partial charge in [-0.25, -0.2) is 4.98 Å². The maximum atomic E-state index is 12.9. The van der Waals surface area contributed by atoms with E-state index < -0.39 is 0 Å². The van der Waals surface area contributed by atoms with Gasteiger partial charge in [0.05, 0.1) is 0 Å². The smallest absolute Gasteiger partial charge is 0.245 e. The van der Waals surface area contributed by atoms with Crippen molar-refractivity contribution in [3.8, 4) is 0 Å². The van der Waals surface area contributed by atoms with Crippen molar-refractivity contribution in [3.63, 3.8) is 0 Å². The number of aromatic nitrogens is 2. The van der Waals surface area contributed by atoms with Gasteiger partial charge in [0.2, 0.25) is 11.8 Å². The number of carbonyl (C=O) groups excluding carboxylic acids is 2. The van der Waals surface area contributed by atoms with Crippen molar-refractivity contribution < 1.29 is 14.3 Å². The number of carbonyl (C=O) groups is 2. The van der Waals surface area contributed by atoms with Gasteiger partial charge < -0.3 is 19.1 Å². The van der Waals surface area contributed by atoms with Crippen LogP contribution >= 0.6 is 0 Å². The van der Waals surface area contributed by atoms with E-state index in [2.05, 4.69) is 4.98 Å². The molecule has 0 saturated carbocycles. The van der Waals surface area contributed by atoms with Crippen LogP contribution in [0, 0.1) is 12.3 Å². The first-order valence-electron chi connectivity index (χ1n) is 10.0. The van der Waals surface area contributed by atoms with Gasteiger partial charge in [0, 0.05) is 58.7 Å². The minimum absolute atomic E-state index is 0.162. The molecule has 1 atom stereocenters. The molecule has 0 N–H and O–H groups in total. The van der Waals surface area contributed by atoms with Crippen LogP contribution in [-0.4, -0.2) is 71.1 Å². The van der Waals surface area contributed by atoms with Gasteiger partial charge in [0.25, 0.3) is 0 Å². The predicted molar refractivity (Wildman–Crippen MR) is 102 cm³/mol. The molecule has 2 amide bonds. The van der Waals surface area contributed by atoms with Gasteiger partial charge in [-0.05, 0) is 44.9 Å². The van der Waals surface area contributed by atoms with E-state index >= 15 is 0 Å². The average Bonchev–Trinajstić information content (AvgIpc) is 3.10. The topological polar surface area (TPSA) is 67.7 Å². The lowest BCUT2D eigenvalue weighted by Gasteiger charge is -2.47. The van der Waals surface area contributed by atoms with Crippen molar-refractivity contribution in [1.29, 1.82) is 0 Å². The number of methoxy groups -OCH3 is 1. The molecule has 2 aliphatic heterocycles. The van der Waals surface area contributed by atoms with E-state index in [4.69, 9.17) is 4.74 Å². The zero-order chi connectivity index (χ0) is 19.4. The van der Waals surface area contributed by atoms with Gasteiger partial charge >= 0.3 is 0 Å². The molecule has 7 heteroatoms. The van der Waals surface area contributed by atoms with Gasteiger partial charge in [0.15, 0.2) is 0 Å². The van der Waals surface area contributed by atoms with E-state index in [9.17, 15) is 9.59 Å². The number of hydrogen-bond donors (Lipinski definition) is 0. The summed E-state index contributed by atoms with van der Waals surface area (Å²) in [6, 6.07) is -0.222. The molecule has 3 heterocycles. The second kappa shape index (κ2) is 8.42. The summed E-state index contributed by atoms with van der Waals surface area (Å²) in [6.45, 7) is 7.70.